The van der Waals surface area contributed by atoms with E-state index in [1.165, 1.54) is 11.3 Å². The van der Waals surface area contributed by atoms with Gasteiger partial charge in [0, 0.05) is 23.4 Å². The predicted molar refractivity (Wildman–Crippen MR) is 91.6 cm³/mol. The second-order valence-electron chi connectivity index (χ2n) is 6.35. The monoisotopic (exact) mass is 323 g/mol. The number of anilines is 1. The smallest absolute Gasteiger partial charge is 0.228 e. The van der Waals surface area contributed by atoms with Crippen LogP contribution in [0.4, 0.5) is 5.95 Å². The van der Waals surface area contributed by atoms with Gasteiger partial charge in [0.1, 0.15) is 9.98 Å². The van der Waals surface area contributed by atoms with Crippen molar-refractivity contribution in [2.45, 2.75) is 40.0 Å². The van der Waals surface area contributed by atoms with Crippen molar-refractivity contribution in [2.24, 2.45) is 11.8 Å². The molecule has 1 saturated heterocycles. The van der Waals surface area contributed by atoms with Crippen molar-refractivity contribution in [1.82, 2.24) is 9.97 Å². The zero-order valence-electron chi connectivity index (χ0n) is 12.9. The number of thiophene rings is 1. The quantitative estimate of drug-likeness (QED) is 0.761. The zero-order valence-corrected chi connectivity index (χ0v) is 14.5. The van der Waals surface area contributed by atoms with Crippen molar-refractivity contribution in [3.63, 3.8) is 0 Å². The number of hydrogen-bond donors (Lipinski definition) is 0. The molecule has 0 saturated carbocycles. The highest BCUT2D eigenvalue weighted by molar-refractivity contribution is 7.18. The molecule has 0 spiro atoms. The van der Waals surface area contributed by atoms with Gasteiger partial charge in [0.2, 0.25) is 5.95 Å². The molecule has 1 fully saturated rings. The summed E-state index contributed by atoms with van der Waals surface area (Å²) in [7, 11) is 0. The highest BCUT2D eigenvalue weighted by Gasteiger charge is 2.24. The lowest BCUT2D eigenvalue weighted by Gasteiger charge is -2.34. The van der Waals surface area contributed by atoms with Crippen LogP contribution < -0.4 is 4.90 Å². The second kappa shape index (κ2) is 6.09. The third-order valence-electron chi connectivity index (χ3n) is 4.03. The Balaban J connectivity index is 1.95. The first-order valence-corrected chi connectivity index (χ1v) is 8.97. The Morgan fingerprint density at radius 1 is 1.29 bits per heavy atom. The number of aromatic nitrogens is 2. The second-order valence-corrected chi connectivity index (χ2v) is 7.82. The molecule has 0 bridgehead atoms. The zero-order chi connectivity index (χ0) is 15.0. The molecule has 0 N–H and O–H groups in total. The van der Waals surface area contributed by atoms with Crippen molar-refractivity contribution in [3.8, 4) is 0 Å². The van der Waals surface area contributed by atoms with Crippen molar-refractivity contribution < 1.29 is 0 Å². The average Bonchev–Trinajstić information content (AvgIpc) is 2.81. The number of halogens is 1. The molecule has 0 aliphatic carbocycles. The number of aryl methyl sites for hydroxylation is 1. The van der Waals surface area contributed by atoms with Crippen LogP contribution in [0.3, 0.4) is 0 Å². The molecule has 2 aromatic rings. The maximum Gasteiger partial charge on any atom is 0.228 e. The maximum absolute atomic E-state index is 6.40. The summed E-state index contributed by atoms with van der Waals surface area (Å²) in [5.41, 5.74) is 0. The first-order valence-electron chi connectivity index (χ1n) is 7.77. The van der Waals surface area contributed by atoms with Gasteiger partial charge in [-0.25, -0.2) is 9.97 Å². The van der Waals surface area contributed by atoms with Crippen molar-refractivity contribution >= 4 is 39.1 Å². The van der Waals surface area contributed by atoms with E-state index in [2.05, 4.69) is 36.7 Å². The van der Waals surface area contributed by atoms with Crippen molar-refractivity contribution in [2.75, 3.05) is 18.0 Å². The van der Waals surface area contributed by atoms with Crippen LogP contribution in [-0.4, -0.2) is 23.1 Å². The molecule has 3 nitrogen and oxygen atoms in total. The van der Waals surface area contributed by atoms with Crippen LogP contribution in [0.5, 0.6) is 0 Å². The van der Waals surface area contributed by atoms with Gasteiger partial charge in [0.05, 0.1) is 0 Å². The van der Waals surface area contributed by atoms with Crippen LogP contribution >= 0.6 is 22.9 Å². The van der Waals surface area contributed by atoms with Gasteiger partial charge in [0.15, 0.2) is 0 Å². The Labute approximate surface area is 135 Å². The van der Waals surface area contributed by atoms with Crippen LogP contribution in [-0.2, 0) is 6.42 Å². The van der Waals surface area contributed by atoms with Crippen LogP contribution in [0.15, 0.2) is 6.07 Å². The molecule has 1 aliphatic heterocycles. The lowest BCUT2D eigenvalue weighted by atomic mass is 9.92. The van der Waals surface area contributed by atoms with Gasteiger partial charge in [-0.05, 0) is 30.7 Å². The normalized spacial score (nSPS) is 23.0. The summed E-state index contributed by atoms with van der Waals surface area (Å²) in [5, 5.41) is 1.60. The van der Waals surface area contributed by atoms with E-state index in [-0.39, 0.29) is 0 Å². The van der Waals surface area contributed by atoms with Crippen LogP contribution in [0, 0.1) is 11.8 Å². The Hall–Kier alpha value is -0.870. The Bertz CT molecular complexity index is 630. The molecule has 2 atom stereocenters. The summed E-state index contributed by atoms with van der Waals surface area (Å²) in [6.45, 7) is 8.85. The molecule has 5 heteroatoms. The minimum atomic E-state index is 0.597. The molecule has 1 aliphatic rings. The summed E-state index contributed by atoms with van der Waals surface area (Å²) in [5.74, 6) is 2.17. The van der Waals surface area contributed by atoms with E-state index < -0.39 is 0 Å². The summed E-state index contributed by atoms with van der Waals surface area (Å²) in [6, 6.07) is 2.15. The minimum Gasteiger partial charge on any atom is -0.340 e. The summed E-state index contributed by atoms with van der Waals surface area (Å²) in [4.78, 5) is 14.0. The molecule has 0 amide bonds. The molecule has 2 unspecified atom stereocenters. The molecule has 3 heterocycles. The Kier molecular flexibility index (Phi) is 4.36. The largest absolute Gasteiger partial charge is 0.340 e. The van der Waals surface area contributed by atoms with Crippen LogP contribution in [0.25, 0.3) is 10.2 Å². The van der Waals surface area contributed by atoms with Gasteiger partial charge in [0.25, 0.3) is 0 Å². The lowest BCUT2D eigenvalue weighted by Crippen LogP contribution is -2.39. The van der Waals surface area contributed by atoms with E-state index in [0.29, 0.717) is 17.0 Å². The summed E-state index contributed by atoms with van der Waals surface area (Å²) in [6.07, 6.45) is 3.52. The molecule has 0 radical (unpaired) electrons. The van der Waals surface area contributed by atoms with Gasteiger partial charge >= 0.3 is 0 Å². The van der Waals surface area contributed by atoms with E-state index in [0.717, 1.165) is 42.1 Å². The predicted octanol–water partition coefficient (Wildman–Crippen LogP) is 4.78. The lowest BCUT2D eigenvalue weighted by molar-refractivity contribution is 0.354. The first kappa shape index (κ1) is 15.0. The summed E-state index contributed by atoms with van der Waals surface area (Å²) < 4.78 is 0. The third-order valence-corrected chi connectivity index (χ3v) is 5.41. The fraction of sp³-hybridized carbons (Fsp3) is 0.625. The molecule has 2 aromatic heterocycles. The van der Waals surface area contributed by atoms with Crippen LogP contribution in [0.1, 0.15) is 38.5 Å². The molecule has 0 aromatic carbocycles. The fourth-order valence-corrected chi connectivity index (χ4v) is 4.66. The number of fused-ring (bicyclic) bond motifs is 1. The van der Waals surface area contributed by atoms with E-state index in [4.69, 9.17) is 16.6 Å². The minimum absolute atomic E-state index is 0.597. The van der Waals surface area contributed by atoms with Gasteiger partial charge in [-0.3, -0.25) is 0 Å². The van der Waals surface area contributed by atoms with Crippen molar-refractivity contribution in [1.29, 1.82) is 0 Å². The Morgan fingerprint density at radius 2 is 2.00 bits per heavy atom. The van der Waals surface area contributed by atoms with E-state index in [1.54, 1.807) is 11.3 Å². The van der Waals surface area contributed by atoms with Gasteiger partial charge in [-0.15, -0.1) is 11.3 Å². The number of hydrogen-bond acceptors (Lipinski definition) is 4. The van der Waals surface area contributed by atoms with E-state index in [9.17, 15) is 0 Å². The average molecular weight is 324 g/mol. The number of nitrogens with zero attached hydrogens (tertiary/aromatic N) is 3. The molecular formula is C16H22ClN3S. The first-order chi connectivity index (χ1) is 10.1. The van der Waals surface area contributed by atoms with Gasteiger partial charge in [-0.2, -0.15) is 0 Å². The fourth-order valence-electron chi connectivity index (χ4n) is 3.26. The van der Waals surface area contributed by atoms with Gasteiger partial charge in [-0.1, -0.05) is 38.8 Å². The maximum atomic E-state index is 6.40. The molecule has 3 rings (SSSR count). The SMILES string of the molecule is CCCc1cc2c(Cl)nc(N3CC(C)CC(C)C3)nc2s1. The third kappa shape index (κ3) is 3.16. The highest BCUT2D eigenvalue weighted by Crippen LogP contribution is 2.32. The van der Waals surface area contributed by atoms with Crippen molar-refractivity contribution in [3.05, 3.63) is 16.1 Å². The molecule has 114 valence electrons. The number of rotatable bonds is 3. The Morgan fingerprint density at radius 3 is 2.67 bits per heavy atom. The summed E-state index contributed by atoms with van der Waals surface area (Å²) >= 11 is 8.15. The van der Waals surface area contributed by atoms with Gasteiger partial charge < -0.3 is 4.90 Å². The van der Waals surface area contributed by atoms with E-state index in [1.807, 2.05) is 0 Å². The standard InChI is InChI=1S/C16H22ClN3S/c1-4-5-12-7-13-14(17)18-16(19-15(13)21-12)20-8-10(2)6-11(3)9-20/h7,10-11H,4-6,8-9H2,1-3H3. The molecular weight excluding hydrogens is 302 g/mol. The van der Waals surface area contributed by atoms with E-state index >= 15 is 0 Å². The topological polar surface area (TPSA) is 29.0 Å². The van der Waals surface area contributed by atoms with Crippen LogP contribution in [0.2, 0.25) is 5.15 Å². The number of piperidine rings is 1. The highest BCUT2D eigenvalue weighted by atomic mass is 35.5. The molecule has 21 heavy (non-hydrogen) atoms.